The molecule has 1 fully saturated rings. The SMILES string of the molecule is CC(C)(C)OC(=O)N1CC(NCc2ccc(C(F)(F)F)cc2)C1.Cl. The van der Waals surface area contributed by atoms with E-state index in [0.29, 0.717) is 19.6 Å². The molecule has 0 radical (unpaired) electrons. The second-order valence-electron chi connectivity index (χ2n) is 6.66. The lowest BCUT2D eigenvalue weighted by Gasteiger charge is -2.40. The van der Waals surface area contributed by atoms with Gasteiger partial charge in [-0.15, -0.1) is 12.4 Å². The van der Waals surface area contributed by atoms with Crippen molar-refractivity contribution in [1.82, 2.24) is 10.2 Å². The Kier molecular flexibility index (Phi) is 6.52. The lowest BCUT2D eigenvalue weighted by molar-refractivity contribution is -0.137. The van der Waals surface area contributed by atoms with E-state index in [4.69, 9.17) is 4.74 Å². The highest BCUT2D eigenvalue weighted by molar-refractivity contribution is 5.85. The first-order chi connectivity index (χ1) is 10.5. The van der Waals surface area contributed by atoms with Crippen molar-refractivity contribution >= 4 is 18.5 Å². The number of rotatable bonds is 3. The van der Waals surface area contributed by atoms with Crippen LogP contribution in [0.15, 0.2) is 24.3 Å². The fourth-order valence-electron chi connectivity index (χ4n) is 2.16. The number of nitrogens with zero attached hydrogens (tertiary/aromatic N) is 1. The van der Waals surface area contributed by atoms with Crippen molar-refractivity contribution in [3.63, 3.8) is 0 Å². The average Bonchev–Trinajstić information content (AvgIpc) is 2.34. The quantitative estimate of drug-likeness (QED) is 0.883. The molecule has 0 spiro atoms. The lowest BCUT2D eigenvalue weighted by Crippen LogP contribution is -2.60. The molecule has 1 heterocycles. The summed E-state index contributed by atoms with van der Waals surface area (Å²) in [5, 5.41) is 3.21. The van der Waals surface area contributed by atoms with Crippen molar-refractivity contribution < 1.29 is 22.7 Å². The number of likely N-dealkylation sites (tertiary alicyclic amines) is 1. The topological polar surface area (TPSA) is 41.6 Å². The van der Waals surface area contributed by atoms with E-state index < -0.39 is 17.3 Å². The summed E-state index contributed by atoms with van der Waals surface area (Å²) >= 11 is 0. The van der Waals surface area contributed by atoms with Gasteiger partial charge < -0.3 is 15.0 Å². The Morgan fingerprint density at radius 1 is 1.21 bits per heavy atom. The van der Waals surface area contributed by atoms with Gasteiger partial charge >= 0.3 is 12.3 Å². The summed E-state index contributed by atoms with van der Waals surface area (Å²) in [5.41, 5.74) is -0.398. The minimum atomic E-state index is -4.31. The van der Waals surface area contributed by atoms with Crippen molar-refractivity contribution in [3.8, 4) is 0 Å². The smallest absolute Gasteiger partial charge is 0.416 e. The van der Waals surface area contributed by atoms with Gasteiger partial charge in [-0.2, -0.15) is 13.2 Å². The van der Waals surface area contributed by atoms with Crippen molar-refractivity contribution in [2.45, 2.75) is 45.1 Å². The van der Waals surface area contributed by atoms with Crippen LogP contribution < -0.4 is 5.32 Å². The molecule has 0 unspecified atom stereocenters. The fourth-order valence-corrected chi connectivity index (χ4v) is 2.16. The Morgan fingerprint density at radius 2 is 1.75 bits per heavy atom. The van der Waals surface area contributed by atoms with Gasteiger partial charge in [0.15, 0.2) is 0 Å². The van der Waals surface area contributed by atoms with E-state index in [1.54, 1.807) is 4.90 Å². The van der Waals surface area contributed by atoms with E-state index in [0.717, 1.165) is 17.7 Å². The van der Waals surface area contributed by atoms with Crippen LogP contribution in [0.3, 0.4) is 0 Å². The largest absolute Gasteiger partial charge is 0.444 e. The van der Waals surface area contributed by atoms with Crippen LogP contribution in [0.5, 0.6) is 0 Å². The minimum Gasteiger partial charge on any atom is -0.444 e. The van der Waals surface area contributed by atoms with E-state index >= 15 is 0 Å². The molecule has 1 saturated heterocycles. The van der Waals surface area contributed by atoms with Crippen LogP contribution in [0, 0.1) is 0 Å². The van der Waals surface area contributed by atoms with Gasteiger partial charge in [0.05, 0.1) is 5.56 Å². The molecule has 1 aliphatic rings. The third kappa shape index (κ3) is 5.87. The summed E-state index contributed by atoms with van der Waals surface area (Å²) in [6.45, 7) is 6.97. The molecule has 8 heteroatoms. The zero-order chi connectivity index (χ0) is 17.3. The number of hydrogen-bond acceptors (Lipinski definition) is 3. The molecule has 2 rings (SSSR count). The zero-order valence-corrected chi connectivity index (χ0v) is 14.6. The summed E-state index contributed by atoms with van der Waals surface area (Å²) < 4.78 is 42.7. The molecule has 4 nitrogen and oxygen atoms in total. The van der Waals surface area contributed by atoms with E-state index in [2.05, 4.69) is 5.32 Å². The standard InChI is InChI=1S/C16H21F3N2O2.ClH/c1-15(2,3)23-14(22)21-9-13(10-21)20-8-11-4-6-12(7-5-11)16(17,18)19;/h4-7,13,20H,8-10H2,1-3H3;1H. The number of alkyl halides is 3. The third-order valence-electron chi connectivity index (χ3n) is 3.41. The van der Waals surface area contributed by atoms with Gasteiger partial charge in [-0.25, -0.2) is 4.79 Å². The Balaban J connectivity index is 0.00000288. The molecule has 0 saturated carbocycles. The summed E-state index contributed by atoms with van der Waals surface area (Å²) in [5.74, 6) is 0. The van der Waals surface area contributed by atoms with Crippen LogP contribution >= 0.6 is 12.4 Å². The van der Waals surface area contributed by atoms with Gasteiger partial charge in [-0.3, -0.25) is 0 Å². The first-order valence-electron chi connectivity index (χ1n) is 7.42. The number of halogens is 4. The molecule has 1 aromatic rings. The molecule has 136 valence electrons. The molecule has 1 aromatic carbocycles. The van der Waals surface area contributed by atoms with Gasteiger partial charge in [0, 0.05) is 25.7 Å². The number of benzene rings is 1. The van der Waals surface area contributed by atoms with Gasteiger partial charge in [0.25, 0.3) is 0 Å². The first-order valence-corrected chi connectivity index (χ1v) is 7.42. The maximum Gasteiger partial charge on any atom is 0.416 e. The molecule has 24 heavy (non-hydrogen) atoms. The molecular formula is C16H22ClF3N2O2. The number of hydrogen-bond donors (Lipinski definition) is 1. The highest BCUT2D eigenvalue weighted by Crippen LogP contribution is 2.29. The Labute approximate surface area is 145 Å². The average molecular weight is 367 g/mol. The maximum absolute atomic E-state index is 12.5. The number of carbonyl (C=O) groups excluding carboxylic acids is 1. The highest BCUT2D eigenvalue weighted by Gasteiger charge is 2.33. The predicted molar refractivity (Wildman–Crippen MR) is 87.1 cm³/mol. The minimum absolute atomic E-state index is 0. The fraction of sp³-hybridized carbons (Fsp3) is 0.562. The summed E-state index contributed by atoms with van der Waals surface area (Å²) in [4.78, 5) is 13.4. The molecule has 1 aliphatic heterocycles. The van der Waals surface area contributed by atoms with Crippen molar-refractivity contribution in [1.29, 1.82) is 0 Å². The third-order valence-corrected chi connectivity index (χ3v) is 3.41. The highest BCUT2D eigenvalue weighted by atomic mass is 35.5. The van der Waals surface area contributed by atoms with Crippen LogP contribution in [-0.4, -0.2) is 35.7 Å². The monoisotopic (exact) mass is 366 g/mol. The molecule has 0 bridgehead atoms. The van der Waals surface area contributed by atoms with Gasteiger partial charge in [-0.1, -0.05) is 12.1 Å². The van der Waals surface area contributed by atoms with Crippen LogP contribution in [0.4, 0.5) is 18.0 Å². The van der Waals surface area contributed by atoms with E-state index in [-0.39, 0.29) is 24.5 Å². The van der Waals surface area contributed by atoms with Crippen LogP contribution in [0.2, 0.25) is 0 Å². The number of amides is 1. The Bertz CT molecular complexity index is 550. The second kappa shape index (κ2) is 7.61. The molecule has 0 aliphatic carbocycles. The number of ether oxygens (including phenoxy) is 1. The predicted octanol–water partition coefficient (Wildman–Crippen LogP) is 3.84. The van der Waals surface area contributed by atoms with Crippen LogP contribution in [0.1, 0.15) is 31.9 Å². The zero-order valence-electron chi connectivity index (χ0n) is 13.8. The summed E-state index contributed by atoms with van der Waals surface area (Å²) in [7, 11) is 0. The lowest BCUT2D eigenvalue weighted by atomic mass is 10.1. The van der Waals surface area contributed by atoms with E-state index in [9.17, 15) is 18.0 Å². The van der Waals surface area contributed by atoms with Crippen molar-refractivity contribution in [2.24, 2.45) is 0 Å². The van der Waals surface area contributed by atoms with Crippen molar-refractivity contribution in [3.05, 3.63) is 35.4 Å². The summed E-state index contributed by atoms with van der Waals surface area (Å²) in [6, 6.07) is 5.19. The number of carbonyl (C=O) groups is 1. The second-order valence-corrected chi connectivity index (χ2v) is 6.66. The van der Waals surface area contributed by atoms with Crippen LogP contribution in [-0.2, 0) is 17.5 Å². The molecule has 0 atom stereocenters. The Hall–Kier alpha value is -1.47. The molecule has 1 N–H and O–H groups in total. The number of nitrogens with one attached hydrogen (secondary N) is 1. The van der Waals surface area contributed by atoms with Gasteiger partial charge in [0.1, 0.15) is 5.60 Å². The van der Waals surface area contributed by atoms with Gasteiger partial charge in [-0.05, 0) is 38.5 Å². The van der Waals surface area contributed by atoms with Crippen molar-refractivity contribution in [2.75, 3.05) is 13.1 Å². The van der Waals surface area contributed by atoms with Gasteiger partial charge in [0.2, 0.25) is 0 Å². The first kappa shape index (κ1) is 20.6. The van der Waals surface area contributed by atoms with E-state index in [1.807, 2.05) is 20.8 Å². The normalized spacial score (nSPS) is 15.5. The van der Waals surface area contributed by atoms with Crippen LogP contribution in [0.25, 0.3) is 0 Å². The Morgan fingerprint density at radius 3 is 2.21 bits per heavy atom. The summed E-state index contributed by atoms with van der Waals surface area (Å²) in [6.07, 6.45) is -4.65. The molecular weight excluding hydrogens is 345 g/mol. The molecule has 0 aromatic heterocycles. The maximum atomic E-state index is 12.5. The van der Waals surface area contributed by atoms with E-state index in [1.165, 1.54) is 12.1 Å². The molecule has 1 amide bonds.